The number of carbonyl (C=O) groups excluding carboxylic acids is 1. The Morgan fingerprint density at radius 2 is 1.83 bits per heavy atom. The van der Waals surface area contributed by atoms with E-state index in [1.165, 1.54) is 12.8 Å². The fourth-order valence-corrected chi connectivity index (χ4v) is 3.30. The zero-order chi connectivity index (χ0) is 17.7. The predicted octanol–water partition coefficient (Wildman–Crippen LogP) is 3.54. The van der Waals surface area contributed by atoms with Crippen LogP contribution in [-0.4, -0.2) is 23.6 Å². The van der Waals surface area contributed by atoms with Crippen molar-refractivity contribution in [3.05, 3.63) is 29.8 Å². The predicted molar refractivity (Wildman–Crippen MR) is 91.9 cm³/mol. The summed E-state index contributed by atoms with van der Waals surface area (Å²) >= 11 is 0. The van der Waals surface area contributed by atoms with E-state index < -0.39 is 5.97 Å². The van der Waals surface area contributed by atoms with E-state index in [9.17, 15) is 9.59 Å². The lowest BCUT2D eigenvalue weighted by molar-refractivity contribution is -0.139. The number of hydrogen-bond donors (Lipinski definition) is 2. The molecule has 1 aromatic carbocycles. The third kappa shape index (κ3) is 4.49. The van der Waals surface area contributed by atoms with Gasteiger partial charge in [0.05, 0.1) is 6.04 Å². The fraction of sp³-hybridized carbons (Fsp3) is 0.579. The van der Waals surface area contributed by atoms with Crippen molar-refractivity contribution in [1.82, 2.24) is 5.32 Å². The maximum Gasteiger partial charge on any atom is 0.341 e. The van der Waals surface area contributed by atoms with Gasteiger partial charge in [-0.3, -0.25) is 4.79 Å². The molecule has 0 saturated heterocycles. The minimum absolute atomic E-state index is 0.0908. The van der Waals surface area contributed by atoms with Gasteiger partial charge in [0, 0.05) is 5.41 Å². The number of carbonyl (C=O) groups is 2. The highest BCUT2D eigenvalue weighted by Crippen LogP contribution is 2.40. The minimum Gasteiger partial charge on any atom is -0.482 e. The SMILES string of the molecule is CC(NC(=O)C(C)(C)C1CCCC1)c1ccc(OCC(=O)O)cc1. The molecule has 0 spiro atoms. The zero-order valence-corrected chi connectivity index (χ0v) is 14.7. The van der Waals surface area contributed by atoms with Crippen LogP contribution in [0.15, 0.2) is 24.3 Å². The summed E-state index contributed by atoms with van der Waals surface area (Å²) < 4.78 is 5.12. The quantitative estimate of drug-likeness (QED) is 0.800. The maximum atomic E-state index is 12.7. The van der Waals surface area contributed by atoms with Crippen molar-refractivity contribution in [3.63, 3.8) is 0 Å². The molecule has 2 N–H and O–H groups in total. The molecule has 1 saturated carbocycles. The van der Waals surface area contributed by atoms with E-state index in [0.717, 1.165) is 18.4 Å². The van der Waals surface area contributed by atoms with Crippen LogP contribution in [0.1, 0.15) is 58.1 Å². The van der Waals surface area contributed by atoms with E-state index in [1.54, 1.807) is 12.1 Å². The third-order valence-electron chi connectivity index (χ3n) is 5.05. The molecule has 0 aromatic heterocycles. The molecule has 1 aromatic rings. The van der Waals surface area contributed by atoms with Crippen LogP contribution in [0.4, 0.5) is 0 Å². The van der Waals surface area contributed by atoms with E-state index in [-0.39, 0.29) is 24.0 Å². The van der Waals surface area contributed by atoms with Crippen molar-refractivity contribution in [2.75, 3.05) is 6.61 Å². The highest BCUT2D eigenvalue weighted by molar-refractivity contribution is 5.82. The number of hydrogen-bond acceptors (Lipinski definition) is 3. The lowest BCUT2D eigenvalue weighted by Crippen LogP contribution is -2.42. The molecule has 1 aliphatic carbocycles. The lowest BCUT2D eigenvalue weighted by Gasteiger charge is -2.31. The van der Waals surface area contributed by atoms with Crippen molar-refractivity contribution in [2.24, 2.45) is 11.3 Å². The van der Waals surface area contributed by atoms with Crippen LogP contribution in [-0.2, 0) is 9.59 Å². The lowest BCUT2D eigenvalue weighted by atomic mass is 9.77. The van der Waals surface area contributed by atoms with Crippen molar-refractivity contribution in [1.29, 1.82) is 0 Å². The van der Waals surface area contributed by atoms with Crippen molar-refractivity contribution in [3.8, 4) is 5.75 Å². The van der Waals surface area contributed by atoms with E-state index in [4.69, 9.17) is 9.84 Å². The molecule has 5 nitrogen and oxygen atoms in total. The largest absolute Gasteiger partial charge is 0.482 e. The minimum atomic E-state index is -1.01. The number of carboxylic acids is 1. The Hall–Kier alpha value is -2.04. The van der Waals surface area contributed by atoms with Crippen molar-refractivity contribution < 1.29 is 19.4 Å². The molecule has 0 bridgehead atoms. The van der Waals surface area contributed by atoms with Gasteiger partial charge in [0.25, 0.3) is 0 Å². The highest BCUT2D eigenvalue weighted by atomic mass is 16.5. The number of carboxylic acid groups (broad SMARTS) is 1. The Balaban J connectivity index is 1.94. The highest BCUT2D eigenvalue weighted by Gasteiger charge is 2.38. The fourth-order valence-electron chi connectivity index (χ4n) is 3.30. The van der Waals surface area contributed by atoms with Gasteiger partial charge in [-0.25, -0.2) is 4.79 Å². The van der Waals surface area contributed by atoms with Gasteiger partial charge in [0.2, 0.25) is 5.91 Å². The summed E-state index contributed by atoms with van der Waals surface area (Å²) in [7, 11) is 0. The summed E-state index contributed by atoms with van der Waals surface area (Å²) in [6.07, 6.45) is 4.69. The molecule has 1 unspecified atom stereocenters. The van der Waals surface area contributed by atoms with Gasteiger partial charge < -0.3 is 15.2 Å². The second kappa shape index (κ2) is 7.69. The smallest absolute Gasteiger partial charge is 0.341 e. The topological polar surface area (TPSA) is 75.6 Å². The first-order valence-electron chi connectivity index (χ1n) is 8.56. The molecule has 132 valence electrons. The van der Waals surface area contributed by atoms with Gasteiger partial charge in [-0.05, 0) is 43.4 Å². The molecular formula is C19H27NO4. The molecule has 1 aliphatic rings. The van der Waals surface area contributed by atoms with Crippen LogP contribution in [0.3, 0.4) is 0 Å². The van der Waals surface area contributed by atoms with Crippen molar-refractivity contribution >= 4 is 11.9 Å². The number of aliphatic carboxylic acids is 1. The third-order valence-corrected chi connectivity index (χ3v) is 5.05. The van der Waals surface area contributed by atoms with Crippen LogP contribution < -0.4 is 10.1 Å². The summed E-state index contributed by atoms with van der Waals surface area (Å²) in [6.45, 7) is 5.67. The summed E-state index contributed by atoms with van der Waals surface area (Å²) in [5.41, 5.74) is 0.614. The maximum absolute atomic E-state index is 12.7. The Morgan fingerprint density at radius 1 is 1.25 bits per heavy atom. The van der Waals surface area contributed by atoms with Gasteiger partial charge in [-0.2, -0.15) is 0 Å². The first-order valence-corrected chi connectivity index (χ1v) is 8.56. The summed E-state index contributed by atoms with van der Waals surface area (Å²) in [5, 5.41) is 11.7. The Labute approximate surface area is 143 Å². The second-order valence-corrected chi connectivity index (χ2v) is 7.15. The first-order chi connectivity index (χ1) is 11.3. The monoisotopic (exact) mass is 333 g/mol. The van der Waals surface area contributed by atoms with Gasteiger partial charge >= 0.3 is 5.97 Å². The molecule has 1 atom stereocenters. The van der Waals surface area contributed by atoms with E-state index in [2.05, 4.69) is 5.32 Å². The van der Waals surface area contributed by atoms with Gasteiger partial charge in [0.1, 0.15) is 5.75 Å². The van der Waals surface area contributed by atoms with Crippen LogP contribution in [0.2, 0.25) is 0 Å². The van der Waals surface area contributed by atoms with Gasteiger partial charge in [0.15, 0.2) is 6.61 Å². The molecule has 1 amide bonds. The number of ether oxygens (including phenoxy) is 1. The number of nitrogens with one attached hydrogen (secondary N) is 1. The number of rotatable bonds is 7. The number of benzene rings is 1. The number of amides is 1. The van der Waals surface area contributed by atoms with E-state index in [0.29, 0.717) is 11.7 Å². The summed E-state index contributed by atoms with van der Waals surface area (Å²) in [6, 6.07) is 7.05. The molecule has 0 radical (unpaired) electrons. The van der Waals surface area contributed by atoms with Crippen LogP contribution >= 0.6 is 0 Å². The summed E-state index contributed by atoms with van der Waals surface area (Å²) in [5.74, 6) is 0.0458. The standard InChI is InChI=1S/C19H27NO4/c1-13(14-8-10-16(11-9-14)24-12-17(21)22)20-18(23)19(2,3)15-6-4-5-7-15/h8-11,13,15H,4-7,12H2,1-3H3,(H,20,23)(H,21,22). The van der Waals surface area contributed by atoms with Gasteiger partial charge in [-0.1, -0.05) is 38.8 Å². The molecule has 0 aliphatic heterocycles. The molecule has 1 fully saturated rings. The molecule has 5 heteroatoms. The van der Waals surface area contributed by atoms with Gasteiger partial charge in [-0.15, -0.1) is 0 Å². The molecule has 0 heterocycles. The molecule has 24 heavy (non-hydrogen) atoms. The average molecular weight is 333 g/mol. The Kier molecular flexibility index (Phi) is 5.86. The van der Waals surface area contributed by atoms with Crippen LogP contribution in [0.5, 0.6) is 5.75 Å². The van der Waals surface area contributed by atoms with Crippen LogP contribution in [0.25, 0.3) is 0 Å². The van der Waals surface area contributed by atoms with E-state index in [1.807, 2.05) is 32.9 Å². The second-order valence-electron chi connectivity index (χ2n) is 7.15. The van der Waals surface area contributed by atoms with E-state index >= 15 is 0 Å². The Bertz CT molecular complexity index is 574. The van der Waals surface area contributed by atoms with Crippen molar-refractivity contribution in [2.45, 2.75) is 52.5 Å². The average Bonchev–Trinajstić information content (AvgIpc) is 3.08. The Morgan fingerprint density at radius 3 is 2.38 bits per heavy atom. The molecular weight excluding hydrogens is 306 g/mol. The normalized spacial score (nSPS) is 16.6. The first kappa shape index (κ1) is 18.3. The molecule has 2 rings (SSSR count). The zero-order valence-electron chi connectivity index (χ0n) is 14.7. The van der Waals surface area contributed by atoms with Crippen LogP contribution in [0, 0.1) is 11.3 Å². The summed E-state index contributed by atoms with van der Waals surface area (Å²) in [4.78, 5) is 23.2.